The summed E-state index contributed by atoms with van der Waals surface area (Å²) in [6, 6.07) is 11.1. The molecule has 0 spiro atoms. The number of hydrogen-bond acceptors (Lipinski definition) is 5. The summed E-state index contributed by atoms with van der Waals surface area (Å²) in [5, 5.41) is 22.6. The maximum atomic E-state index is 15.0. The van der Waals surface area contributed by atoms with Crippen LogP contribution in [0.4, 0.5) is 4.39 Å². The van der Waals surface area contributed by atoms with Gasteiger partial charge >= 0.3 is 0 Å². The molecule has 4 aromatic rings. The average Bonchev–Trinajstić information content (AvgIpc) is 3.19. The predicted octanol–water partition coefficient (Wildman–Crippen LogP) is 4.72. The fourth-order valence-electron chi connectivity index (χ4n) is 3.55. The minimum atomic E-state index is -0.436. The van der Waals surface area contributed by atoms with Crippen molar-refractivity contribution in [2.45, 2.75) is 13.8 Å². The summed E-state index contributed by atoms with van der Waals surface area (Å²) in [6.07, 6.45) is 0. The van der Waals surface area contributed by atoms with Gasteiger partial charge in [-0.25, -0.2) is 4.39 Å². The Hall–Kier alpha value is -3.61. The molecule has 0 aliphatic rings. The third kappa shape index (κ3) is 2.55. The summed E-state index contributed by atoms with van der Waals surface area (Å²) in [6.45, 7) is 3.56. The highest BCUT2D eigenvalue weighted by molar-refractivity contribution is 6.12. The van der Waals surface area contributed by atoms with Gasteiger partial charge in [-0.1, -0.05) is 17.3 Å². The van der Waals surface area contributed by atoms with Crippen LogP contribution in [0.5, 0.6) is 5.75 Å². The summed E-state index contributed by atoms with van der Waals surface area (Å²) in [5.41, 5.74) is 3.21. The number of phenols is 1. The second-order valence-electron chi connectivity index (χ2n) is 6.44. The lowest BCUT2D eigenvalue weighted by Crippen LogP contribution is -2.06. The van der Waals surface area contributed by atoms with Crippen molar-refractivity contribution in [2.24, 2.45) is 0 Å². The van der Waals surface area contributed by atoms with Gasteiger partial charge < -0.3 is 18.9 Å². The Morgan fingerprint density at radius 1 is 1.18 bits per heavy atom. The zero-order valence-electron chi connectivity index (χ0n) is 15.6. The van der Waals surface area contributed by atoms with E-state index in [9.17, 15) is 9.50 Å². The summed E-state index contributed by atoms with van der Waals surface area (Å²) in [4.78, 5) is 0. The van der Waals surface area contributed by atoms with Crippen LogP contribution < -0.4 is 0 Å². The van der Waals surface area contributed by atoms with Crippen LogP contribution in [0.25, 0.3) is 27.8 Å². The molecule has 7 heteroatoms. The Balaban J connectivity index is 2.25. The van der Waals surface area contributed by atoms with Crippen molar-refractivity contribution < 1.29 is 18.8 Å². The average molecular weight is 379 g/mol. The van der Waals surface area contributed by atoms with E-state index in [1.165, 1.54) is 25.3 Å². The first kappa shape index (κ1) is 17.8. The van der Waals surface area contributed by atoms with Crippen LogP contribution in [0.15, 0.2) is 47.0 Å². The zero-order chi connectivity index (χ0) is 20.0. The Kier molecular flexibility index (Phi) is 4.15. The molecule has 0 unspecified atom stereocenters. The van der Waals surface area contributed by atoms with Gasteiger partial charge in [0.15, 0.2) is 0 Å². The summed E-state index contributed by atoms with van der Waals surface area (Å²) in [5.74, 6) is 0.118. The van der Waals surface area contributed by atoms with Crippen LogP contribution in [-0.4, -0.2) is 27.8 Å². The quantitative estimate of drug-likeness (QED) is 0.398. The van der Waals surface area contributed by atoms with Crippen LogP contribution in [-0.2, 0) is 4.74 Å². The normalized spacial score (nSPS) is 11.1. The molecule has 2 aromatic carbocycles. The molecule has 0 saturated heterocycles. The van der Waals surface area contributed by atoms with E-state index in [1.54, 1.807) is 42.7 Å². The van der Waals surface area contributed by atoms with Gasteiger partial charge in [0.05, 0.1) is 35.1 Å². The molecule has 2 aromatic heterocycles. The summed E-state index contributed by atoms with van der Waals surface area (Å²) >= 11 is 0. The van der Waals surface area contributed by atoms with Crippen molar-refractivity contribution in [1.29, 1.82) is 5.41 Å². The van der Waals surface area contributed by atoms with E-state index in [1.807, 2.05) is 0 Å². The van der Waals surface area contributed by atoms with E-state index < -0.39 is 5.82 Å². The first-order valence-corrected chi connectivity index (χ1v) is 8.62. The topological polar surface area (TPSA) is 84.3 Å². The van der Waals surface area contributed by atoms with Crippen LogP contribution in [0.2, 0.25) is 0 Å². The summed E-state index contributed by atoms with van der Waals surface area (Å²) < 4.78 is 27.3. The highest BCUT2D eigenvalue weighted by atomic mass is 19.1. The van der Waals surface area contributed by atoms with Gasteiger partial charge in [0, 0.05) is 11.1 Å². The molecular weight excluding hydrogens is 361 g/mol. The molecule has 0 aliphatic heterocycles. The number of aromatic hydroxyl groups is 1. The third-order valence-electron chi connectivity index (χ3n) is 4.75. The molecule has 0 aliphatic carbocycles. The van der Waals surface area contributed by atoms with Crippen molar-refractivity contribution in [3.63, 3.8) is 0 Å². The van der Waals surface area contributed by atoms with Crippen LogP contribution in [0.1, 0.15) is 17.0 Å². The van der Waals surface area contributed by atoms with Gasteiger partial charge in [0.2, 0.25) is 5.90 Å². The van der Waals surface area contributed by atoms with Crippen molar-refractivity contribution in [3.05, 3.63) is 65.3 Å². The molecule has 142 valence electrons. The van der Waals surface area contributed by atoms with E-state index in [0.29, 0.717) is 44.9 Å². The van der Waals surface area contributed by atoms with E-state index >= 15 is 0 Å². The second-order valence-corrected chi connectivity index (χ2v) is 6.44. The number of ether oxygens (including phenoxy) is 1. The van der Waals surface area contributed by atoms with Gasteiger partial charge in [0.25, 0.3) is 0 Å². The SMILES string of the molecule is COC(=N)c1c(-c2c(C)noc2C)n(-c2ccc(O)cc2)c2c(F)cccc12. The van der Waals surface area contributed by atoms with Gasteiger partial charge in [-0.15, -0.1) is 0 Å². The lowest BCUT2D eigenvalue weighted by Gasteiger charge is -2.13. The van der Waals surface area contributed by atoms with Crippen molar-refractivity contribution in [1.82, 2.24) is 9.72 Å². The highest BCUT2D eigenvalue weighted by Crippen LogP contribution is 2.40. The summed E-state index contributed by atoms with van der Waals surface area (Å²) in [7, 11) is 1.41. The number of benzene rings is 2. The first-order valence-electron chi connectivity index (χ1n) is 8.62. The molecule has 28 heavy (non-hydrogen) atoms. The highest BCUT2D eigenvalue weighted by Gasteiger charge is 2.28. The number of nitrogens with one attached hydrogen (secondary N) is 1. The lowest BCUT2D eigenvalue weighted by molar-refractivity contribution is 0.393. The number of aromatic nitrogens is 2. The van der Waals surface area contributed by atoms with Crippen LogP contribution in [0, 0.1) is 25.1 Å². The molecule has 4 rings (SSSR count). The number of rotatable bonds is 3. The number of aryl methyl sites for hydroxylation is 2. The minimum Gasteiger partial charge on any atom is -0.508 e. The third-order valence-corrected chi connectivity index (χ3v) is 4.75. The molecule has 0 radical (unpaired) electrons. The van der Waals surface area contributed by atoms with E-state index in [4.69, 9.17) is 14.7 Å². The number of hydrogen-bond donors (Lipinski definition) is 2. The monoisotopic (exact) mass is 379 g/mol. The molecule has 0 atom stereocenters. The van der Waals surface area contributed by atoms with Crippen LogP contribution in [0.3, 0.4) is 0 Å². The Labute approximate surface area is 160 Å². The number of fused-ring (bicyclic) bond motifs is 1. The maximum absolute atomic E-state index is 15.0. The fraction of sp³-hybridized carbons (Fsp3) is 0.143. The lowest BCUT2D eigenvalue weighted by atomic mass is 10.0. The number of para-hydroxylation sites is 1. The molecular formula is C21H18FN3O3. The molecule has 0 bridgehead atoms. The van der Waals surface area contributed by atoms with E-state index in [2.05, 4.69) is 5.16 Å². The number of phenolic OH excluding ortho intramolecular Hbond substituents is 1. The number of nitrogens with zero attached hydrogens (tertiary/aromatic N) is 2. The Morgan fingerprint density at radius 3 is 2.50 bits per heavy atom. The zero-order valence-corrected chi connectivity index (χ0v) is 15.6. The van der Waals surface area contributed by atoms with E-state index in [0.717, 1.165) is 0 Å². The number of halogens is 1. The molecule has 6 nitrogen and oxygen atoms in total. The Morgan fingerprint density at radius 2 is 1.89 bits per heavy atom. The minimum absolute atomic E-state index is 0.0943. The maximum Gasteiger partial charge on any atom is 0.215 e. The largest absolute Gasteiger partial charge is 0.508 e. The van der Waals surface area contributed by atoms with Crippen molar-refractivity contribution in [2.75, 3.05) is 7.11 Å². The van der Waals surface area contributed by atoms with Crippen molar-refractivity contribution >= 4 is 16.8 Å². The van der Waals surface area contributed by atoms with Gasteiger partial charge in [-0.2, -0.15) is 0 Å². The second kappa shape index (κ2) is 6.53. The molecule has 0 amide bonds. The Bertz CT molecular complexity index is 1190. The smallest absolute Gasteiger partial charge is 0.215 e. The van der Waals surface area contributed by atoms with Gasteiger partial charge in [0.1, 0.15) is 17.3 Å². The predicted molar refractivity (Wildman–Crippen MR) is 104 cm³/mol. The molecule has 2 N–H and O–H groups in total. The standard InChI is InChI=1S/C21H18FN3O3/c1-11-17(12(2)28-24-11)20-18(21(23)27-3)15-5-4-6-16(22)19(15)25(20)13-7-9-14(26)10-8-13/h4-10,23,26H,1-3H3. The number of methoxy groups -OCH3 is 1. The fourth-order valence-corrected chi connectivity index (χ4v) is 3.55. The van der Waals surface area contributed by atoms with Gasteiger partial charge in [-0.05, 0) is 44.2 Å². The first-order chi connectivity index (χ1) is 13.4. The van der Waals surface area contributed by atoms with Crippen LogP contribution >= 0.6 is 0 Å². The molecule has 0 saturated carbocycles. The molecule has 2 heterocycles. The van der Waals surface area contributed by atoms with E-state index in [-0.39, 0.29) is 11.6 Å². The van der Waals surface area contributed by atoms with Gasteiger partial charge in [-0.3, -0.25) is 5.41 Å². The van der Waals surface area contributed by atoms with Crippen molar-refractivity contribution in [3.8, 4) is 22.7 Å². The molecule has 0 fully saturated rings.